The molecule has 1 unspecified atom stereocenters. The molecule has 1 rings (SSSR count). The summed E-state index contributed by atoms with van der Waals surface area (Å²) in [6.07, 6.45) is 2.44. The van der Waals surface area contributed by atoms with Crippen LogP contribution in [0.5, 0.6) is 0 Å². The Labute approximate surface area is 109 Å². The van der Waals surface area contributed by atoms with E-state index in [1.807, 2.05) is 32.2 Å². The summed E-state index contributed by atoms with van der Waals surface area (Å²) in [5, 5.41) is 0. The summed E-state index contributed by atoms with van der Waals surface area (Å²) >= 11 is 5.73. The Morgan fingerprint density at radius 1 is 1.35 bits per heavy atom. The molecular weight excluding hydrogens is 234 g/mol. The number of carbonyl (C=O) groups excluding carboxylic acids is 1. The fraction of sp³-hybridized carbons (Fsp3) is 0.500. The van der Waals surface area contributed by atoms with Crippen molar-refractivity contribution in [2.75, 3.05) is 12.9 Å². The molecule has 0 spiro atoms. The van der Waals surface area contributed by atoms with E-state index >= 15 is 0 Å². The van der Waals surface area contributed by atoms with Crippen molar-refractivity contribution < 1.29 is 4.79 Å². The Kier molecular flexibility index (Phi) is 6.06. The molecule has 0 aromatic heterocycles. The lowest BCUT2D eigenvalue weighted by Crippen LogP contribution is -2.36. The van der Waals surface area contributed by atoms with Crippen molar-refractivity contribution in [1.82, 2.24) is 4.90 Å². The van der Waals surface area contributed by atoms with E-state index in [4.69, 9.17) is 11.6 Å². The Balaban J connectivity index is 2.29. The monoisotopic (exact) mass is 253 g/mol. The van der Waals surface area contributed by atoms with Gasteiger partial charge in [-0.2, -0.15) is 0 Å². The summed E-state index contributed by atoms with van der Waals surface area (Å²) in [5.74, 6) is 0.662. The first-order valence-electron chi connectivity index (χ1n) is 6.00. The Morgan fingerprint density at radius 2 is 2.00 bits per heavy atom. The van der Waals surface area contributed by atoms with Crippen LogP contribution in [0.4, 0.5) is 0 Å². The maximum atomic E-state index is 11.8. The van der Waals surface area contributed by atoms with Crippen molar-refractivity contribution in [3.05, 3.63) is 35.9 Å². The van der Waals surface area contributed by atoms with Gasteiger partial charge in [-0.3, -0.25) is 4.79 Å². The summed E-state index contributed by atoms with van der Waals surface area (Å²) in [6.45, 7) is 1.96. The molecule has 2 nitrogen and oxygen atoms in total. The molecule has 3 heteroatoms. The molecule has 17 heavy (non-hydrogen) atoms. The molecule has 0 aliphatic carbocycles. The van der Waals surface area contributed by atoms with Crippen molar-refractivity contribution >= 4 is 17.5 Å². The minimum absolute atomic E-state index is 0.112. The SMILES string of the molecule is CC(CCl)N(C)C(=O)CCCc1ccccc1. The van der Waals surface area contributed by atoms with Gasteiger partial charge in [0.15, 0.2) is 0 Å². The Hall–Kier alpha value is -1.02. The molecule has 1 aromatic rings. The number of rotatable bonds is 6. The number of amides is 1. The molecule has 0 N–H and O–H groups in total. The van der Waals surface area contributed by atoms with Gasteiger partial charge in [-0.05, 0) is 25.3 Å². The van der Waals surface area contributed by atoms with Crippen LogP contribution < -0.4 is 0 Å². The van der Waals surface area contributed by atoms with Crippen molar-refractivity contribution in [2.45, 2.75) is 32.2 Å². The number of hydrogen-bond donors (Lipinski definition) is 0. The number of nitrogens with zero attached hydrogens (tertiary/aromatic N) is 1. The zero-order valence-electron chi connectivity index (χ0n) is 10.5. The van der Waals surface area contributed by atoms with Gasteiger partial charge in [0.05, 0.1) is 0 Å². The van der Waals surface area contributed by atoms with E-state index in [0.29, 0.717) is 12.3 Å². The third-order valence-corrected chi connectivity index (χ3v) is 3.42. The molecule has 1 aromatic carbocycles. The predicted molar refractivity (Wildman–Crippen MR) is 72.3 cm³/mol. The topological polar surface area (TPSA) is 20.3 Å². The maximum Gasteiger partial charge on any atom is 0.222 e. The average molecular weight is 254 g/mol. The Bertz CT molecular complexity index is 339. The summed E-state index contributed by atoms with van der Waals surface area (Å²) in [4.78, 5) is 13.5. The second kappa shape index (κ2) is 7.33. The first kappa shape index (κ1) is 14.0. The summed E-state index contributed by atoms with van der Waals surface area (Å²) in [7, 11) is 1.82. The van der Waals surface area contributed by atoms with E-state index in [0.717, 1.165) is 12.8 Å². The number of aryl methyl sites for hydroxylation is 1. The lowest BCUT2D eigenvalue weighted by Gasteiger charge is -2.23. The minimum Gasteiger partial charge on any atom is -0.342 e. The normalized spacial score (nSPS) is 12.2. The maximum absolute atomic E-state index is 11.8. The zero-order valence-corrected chi connectivity index (χ0v) is 11.3. The average Bonchev–Trinajstić information content (AvgIpc) is 2.38. The highest BCUT2D eigenvalue weighted by Gasteiger charge is 2.13. The zero-order chi connectivity index (χ0) is 12.7. The van der Waals surface area contributed by atoms with Gasteiger partial charge in [0.2, 0.25) is 5.91 Å². The van der Waals surface area contributed by atoms with Crippen LogP contribution in [0.25, 0.3) is 0 Å². The third-order valence-electron chi connectivity index (χ3n) is 2.98. The summed E-state index contributed by atoms with van der Waals surface area (Å²) < 4.78 is 0. The molecule has 0 saturated carbocycles. The molecule has 94 valence electrons. The summed E-state index contributed by atoms with van der Waals surface area (Å²) in [5.41, 5.74) is 1.29. The number of carbonyl (C=O) groups is 1. The quantitative estimate of drug-likeness (QED) is 0.714. The van der Waals surface area contributed by atoms with Crippen LogP contribution in [0.3, 0.4) is 0 Å². The largest absolute Gasteiger partial charge is 0.342 e. The van der Waals surface area contributed by atoms with Crippen molar-refractivity contribution in [2.24, 2.45) is 0 Å². The van der Waals surface area contributed by atoms with E-state index in [9.17, 15) is 4.79 Å². The first-order chi connectivity index (χ1) is 8.15. The van der Waals surface area contributed by atoms with Gasteiger partial charge < -0.3 is 4.90 Å². The lowest BCUT2D eigenvalue weighted by atomic mass is 10.1. The molecular formula is C14H20ClNO. The van der Waals surface area contributed by atoms with Crippen molar-refractivity contribution in [1.29, 1.82) is 0 Å². The fourth-order valence-corrected chi connectivity index (χ4v) is 1.82. The van der Waals surface area contributed by atoms with Crippen LogP contribution in [0, 0.1) is 0 Å². The van der Waals surface area contributed by atoms with E-state index < -0.39 is 0 Å². The second-order valence-corrected chi connectivity index (χ2v) is 4.66. The van der Waals surface area contributed by atoms with Crippen molar-refractivity contribution in [3.8, 4) is 0 Å². The van der Waals surface area contributed by atoms with Gasteiger partial charge >= 0.3 is 0 Å². The van der Waals surface area contributed by atoms with Gasteiger partial charge in [-0.15, -0.1) is 11.6 Å². The molecule has 0 fully saturated rings. The van der Waals surface area contributed by atoms with Crippen LogP contribution in [0.1, 0.15) is 25.3 Å². The molecule has 0 saturated heterocycles. The van der Waals surface area contributed by atoms with E-state index in [2.05, 4.69) is 12.1 Å². The van der Waals surface area contributed by atoms with Gasteiger partial charge in [0.1, 0.15) is 0 Å². The lowest BCUT2D eigenvalue weighted by molar-refractivity contribution is -0.131. The minimum atomic E-state index is 0.112. The smallest absolute Gasteiger partial charge is 0.222 e. The third kappa shape index (κ3) is 4.78. The van der Waals surface area contributed by atoms with Gasteiger partial charge in [0, 0.05) is 25.4 Å². The van der Waals surface area contributed by atoms with Crippen LogP contribution in [0.2, 0.25) is 0 Å². The van der Waals surface area contributed by atoms with Gasteiger partial charge in [-0.1, -0.05) is 30.3 Å². The summed E-state index contributed by atoms with van der Waals surface area (Å²) in [6, 6.07) is 10.4. The molecule has 0 aliphatic heterocycles. The van der Waals surface area contributed by atoms with Crippen molar-refractivity contribution in [3.63, 3.8) is 0 Å². The van der Waals surface area contributed by atoms with Crippen LogP contribution in [-0.4, -0.2) is 29.8 Å². The molecule has 0 bridgehead atoms. The van der Waals surface area contributed by atoms with E-state index in [-0.39, 0.29) is 11.9 Å². The predicted octanol–water partition coefficient (Wildman–Crippen LogP) is 3.10. The van der Waals surface area contributed by atoms with Gasteiger partial charge in [0.25, 0.3) is 0 Å². The molecule has 0 radical (unpaired) electrons. The number of alkyl halides is 1. The highest BCUT2D eigenvalue weighted by molar-refractivity contribution is 6.18. The number of halogens is 1. The number of benzene rings is 1. The number of hydrogen-bond acceptors (Lipinski definition) is 1. The molecule has 0 heterocycles. The van der Waals surface area contributed by atoms with E-state index in [1.165, 1.54) is 5.56 Å². The standard InChI is InChI=1S/C14H20ClNO/c1-12(11-15)16(2)14(17)10-6-9-13-7-4-3-5-8-13/h3-5,7-8,12H,6,9-11H2,1-2H3. The fourth-order valence-electron chi connectivity index (χ4n) is 1.61. The highest BCUT2D eigenvalue weighted by Crippen LogP contribution is 2.07. The van der Waals surface area contributed by atoms with E-state index in [1.54, 1.807) is 4.90 Å². The van der Waals surface area contributed by atoms with Crippen LogP contribution in [-0.2, 0) is 11.2 Å². The second-order valence-electron chi connectivity index (χ2n) is 4.35. The molecule has 1 amide bonds. The first-order valence-corrected chi connectivity index (χ1v) is 6.54. The molecule has 1 atom stereocenters. The van der Waals surface area contributed by atoms with Crippen LogP contribution in [0.15, 0.2) is 30.3 Å². The highest BCUT2D eigenvalue weighted by atomic mass is 35.5. The molecule has 0 aliphatic rings. The van der Waals surface area contributed by atoms with Gasteiger partial charge in [-0.25, -0.2) is 0 Å². The Morgan fingerprint density at radius 3 is 2.59 bits per heavy atom. The van der Waals surface area contributed by atoms with Crippen LogP contribution >= 0.6 is 11.6 Å².